The van der Waals surface area contributed by atoms with Crippen LogP contribution in [0, 0.1) is 5.92 Å². The highest BCUT2D eigenvalue weighted by Crippen LogP contribution is 2.32. The first-order valence-electron chi connectivity index (χ1n) is 8.85. The Labute approximate surface area is 167 Å². The van der Waals surface area contributed by atoms with E-state index in [0.29, 0.717) is 41.3 Å². The molecule has 1 aromatic carbocycles. The maximum Gasteiger partial charge on any atom is 0.573 e. The predicted molar refractivity (Wildman–Crippen MR) is 102 cm³/mol. The fourth-order valence-electron chi connectivity index (χ4n) is 3.19. The minimum atomic E-state index is -4.75. The molecule has 1 fully saturated rings. The van der Waals surface area contributed by atoms with Crippen molar-refractivity contribution in [3.05, 3.63) is 36.8 Å². The summed E-state index contributed by atoms with van der Waals surface area (Å²) in [4.78, 5) is 27.2. The van der Waals surface area contributed by atoms with Gasteiger partial charge in [0.05, 0.1) is 16.4 Å². The van der Waals surface area contributed by atoms with E-state index in [4.69, 9.17) is 0 Å². The van der Waals surface area contributed by atoms with Crippen LogP contribution in [0.5, 0.6) is 5.75 Å². The van der Waals surface area contributed by atoms with Crippen LogP contribution in [0.15, 0.2) is 36.8 Å². The molecular weight excluding hydrogens is 407 g/mol. The Kier molecular flexibility index (Phi) is 5.22. The second-order valence-electron chi connectivity index (χ2n) is 6.51. The molecule has 0 aliphatic carbocycles. The van der Waals surface area contributed by atoms with E-state index in [1.165, 1.54) is 18.2 Å². The number of fused-ring (bicyclic) bond motifs is 1. The van der Waals surface area contributed by atoms with Crippen molar-refractivity contribution in [2.45, 2.75) is 19.2 Å². The highest BCUT2D eigenvalue weighted by molar-refractivity contribution is 7.22. The van der Waals surface area contributed by atoms with Gasteiger partial charge in [-0.05, 0) is 25.0 Å². The Morgan fingerprint density at radius 2 is 2.03 bits per heavy atom. The molecule has 0 atom stereocenters. The zero-order valence-electron chi connectivity index (χ0n) is 15.0. The number of nitrogens with zero attached hydrogens (tertiary/aromatic N) is 4. The number of amides is 1. The summed E-state index contributed by atoms with van der Waals surface area (Å²) in [5.74, 6) is 0.158. The Morgan fingerprint density at radius 3 is 2.72 bits per heavy atom. The SMILES string of the molecule is O=C(Nc1nc2ccc(OC(F)(F)F)cc2s1)C1CCN(c2cnccn2)CC1. The summed E-state index contributed by atoms with van der Waals surface area (Å²) in [6.45, 7) is 1.38. The van der Waals surface area contributed by atoms with Gasteiger partial charge in [-0.3, -0.25) is 9.78 Å². The van der Waals surface area contributed by atoms with Gasteiger partial charge >= 0.3 is 6.36 Å². The zero-order chi connectivity index (χ0) is 20.4. The average Bonchev–Trinajstić information content (AvgIpc) is 3.09. The van der Waals surface area contributed by atoms with Gasteiger partial charge in [0.2, 0.25) is 5.91 Å². The van der Waals surface area contributed by atoms with Crippen molar-refractivity contribution in [3.63, 3.8) is 0 Å². The number of anilines is 2. The van der Waals surface area contributed by atoms with Crippen molar-refractivity contribution >= 4 is 38.4 Å². The standard InChI is InChI=1S/C18H16F3N5O2S/c19-18(20,21)28-12-1-2-13-14(9-12)29-17(24-13)25-16(27)11-3-7-26(8-4-11)15-10-22-5-6-23-15/h1-2,5-6,9-11H,3-4,7-8H2,(H,24,25,27). The van der Waals surface area contributed by atoms with Gasteiger partial charge in [0.15, 0.2) is 5.13 Å². The number of thiazole rings is 1. The van der Waals surface area contributed by atoms with Crippen LogP contribution in [0.25, 0.3) is 10.2 Å². The minimum absolute atomic E-state index is 0.144. The molecule has 1 aliphatic rings. The topological polar surface area (TPSA) is 80.2 Å². The van der Waals surface area contributed by atoms with Crippen molar-refractivity contribution in [2.75, 3.05) is 23.3 Å². The van der Waals surface area contributed by atoms with Crippen LogP contribution in [-0.2, 0) is 4.79 Å². The summed E-state index contributed by atoms with van der Waals surface area (Å²) in [6.07, 6.45) is 1.51. The molecule has 1 N–H and O–H groups in total. The molecule has 7 nitrogen and oxygen atoms in total. The minimum Gasteiger partial charge on any atom is -0.406 e. The van der Waals surface area contributed by atoms with Crippen LogP contribution < -0.4 is 15.0 Å². The van der Waals surface area contributed by atoms with Crippen molar-refractivity contribution in [1.82, 2.24) is 15.0 Å². The molecule has 0 radical (unpaired) electrons. The Balaban J connectivity index is 1.38. The Bertz CT molecular complexity index is 1000. The fourth-order valence-corrected chi connectivity index (χ4v) is 4.09. The molecule has 3 heterocycles. The number of rotatable bonds is 4. The smallest absolute Gasteiger partial charge is 0.406 e. The number of carbonyl (C=O) groups excluding carboxylic acids is 1. The molecule has 4 rings (SSSR count). The summed E-state index contributed by atoms with van der Waals surface area (Å²) in [6, 6.07) is 3.89. The number of hydrogen-bond acceptors (Lipinski definition) is 7. The number of halogens is 3. The lowest BCUT2D eigenvalue weighted by molar-refractivity contribution is -0.274. The van der Waals surface area contributed by atoms with E-state index in [-0.39, 0.29) is 17.6 Å². The van der Waals surface area contributed by atoms with Gasteiger partial charge in [-0.15, -0.1) is 13.2 Å². The number of hydrogen-bond donors (Lipinski definition) is 1. The molecular formula is C18H16F3N5O2S. The summed E-state index contributed by atoms with van der Waals surface area (Å²) < 4.78 is 41.5. The van der Waals surface area contributed by atoms with Gasteiger partial charge in [-0.25, -0.2) is 9.97 Å². The molecule has 0 spiro atoms. The molecule has 1 amide bonds. The monoisotopic (exact) mass is 423 g/mol. The molecule has 1 saturated heterocycles. The Hall–Kier alpha value is -2.95. The average molecular weight is 423 g/mol. The molecule has 1 aliphatic heterocycles. The lowest BCUT2D eigenvalue weighted by Crippen LogP contribution is -2.38. The summed E-state index contributed by atoms with van der Waals surface area (Å²) in [5.41, 5.74) is 0.497. The maximum absolute atomic E-state index is 12.6. The zero-order valence-corrected chi connectivity index (χ0v) is 15.8. The van der Waals surface area contributed by atoms with Crippen molar-refractivity contribution in [2.24, 2.45) is 5.92 Å². The molecule has 0 unspecified atom stereocenters. The van der Waals surface area contributed by atoms with Gasteiger partial charge in [0, 0.05) is 37.5 Å². The second kappa shape index (κ2) is 7.82. The predicted octanol–water partition coefficient (Wildman–Crippen LogP) is 3.84. The lowest BCUT2D eigenvalue weighted by atomic mass is 9.96. The quantitative estimate of drug-likeness (QED) is 0.687. The molecule has 152 valence electrons. The number of carbonyl (C=O) groups is 1. The van der Waals surface area contributed by atoms with Crippen LogP contribution in [0.3, 0.4) is 0 Å². The third kappa shape index (κ3) is 4.73. The number of ether oxygens (including phenoxy) is 1. The van der Waals surface area contributed by atoms with E-state index in [1.807, 2.05) is 0 Å². The molecule has 0 saturated carbocycles. The van der Waals surface area contributed by atoms with E-state index in [1.54, 1.807) is 18.6 Å². The van der Waals surface area contributed by atoms with Gasteiger partial charge < -0.3 is 15.0 Å². The number of nitrogens with one attached hydrogen (secondary N) is 1. The lowest BCUT2D eigenvalue weighted by Gasteiger charge is -2.31. The summed E-state index contributed by atoms with van der Waals surface area (Å²) in [7, 11) is 0. The first-order valence-corrected chi connectivity index (χ1v) is 9.67. The van der Waals surface area contributed by atoms with Crippen LogP contribution in [0.1, 0.15) is 12.8 Å². The third-order valence-corrected chi connectivity index (χ3v) is 5.50. The largest absolute Gasteiger partial charge is 0.573 e. The van der Waals surface area contributed by atoms with Gasteiger partial charge in [0.25, 0.3) is 0 Å². The number of piperidine rings is 1. The first kappa shape index (κ1) is 19.4. The van der Waals surface area contributed by atoms with Crippen molar-refractivity contribution in [1.29, 1.82) is 0 Å². The number of aromatic nitrogens is 3. The van der Waals surface area contributed by atoms with Gasteiger partial charge in [0.1, 0.15) is 11.6 Å². The summed E-state index contributed by atoms with van der Waals surface area (Å²) >= 11 is 1.11. The highest BCUT2D eigenvalue weighted by atomic mass is 32.1. The number of benzene rings is 1. The molecule has 0 bridgehead atoms. The van der Waals surface area contributed by atoms with Crippen LogP contribution in [0.4, 0.5) is 24.1 Å². The fraction of sp³-hybridized carbons (Fsp3) is 0.333. The summed E-state index contributed by atoms with van der Waals surface area (Å²) in [5, 5.41) is 3.13. The third-order valence-electron chi connectivity index (χ3n) is 4.56. The maximum atomic E-state index is 12.6. The Morgan fingerprint density at radius 1 is 1.24 bits per heavy atom. The van der Waals surface area contributed by atoms with E-state index in [2.05, 4.69) is 29.9 Å². The molecule has 3 aromatic rings. The van der Waals surface area contributed by atoms with E-state index in [9.17, 15) is 18.0 Å². The molecule has 11 heteroatoms. The molecule has 2 aromatic heterocycles. The van der Waals surface area contributed by atoms with Crippen LogP contribution >= 0.6 is 11.3 Å². The van der Waals surface area contributed by atoms with E-state index in [0.717, 1.165) is 17.2 Å². The van der Waals surface area contributed by atoms with Gasteiger partial charge in [-0.1, -0.05) is 11.3 Å². The van der Waals surface area contributed by atoms with Crippen LogP contribution in [-0.4, -0.2) is 40.3 Å². The second-order valence-corrected chi connectivity index (χ2v) is 7.54. The highest BCUT2D eigenvalue weighted by Gasteiger charge is 2.31. The van der Waals surface area contributed by atoms with Crippen molar-refractivity contribution < 1.29 is 22.7 Å². The normalized spacial score (nSPS) is 15.5. The van der Waals surface area contributed by atoms with E-state index >= 15 is 0 Å². The van der Waals surface area contributed by atoms with Crippen LogP contribution in [0.2, 0.25) is 0 Å². The number of alkyl halides is 3. The first-order chi connectivity index (χ1) is 13.9. The van der Waals surface area contributed by atoms with Crippen molar-refractivity contribution in [3.8, 4) is 5.75 Å². The van der Waals surface area contributed by atoms with E-state index < -0.39 is 6.36 Å². The van der Waals surface area contributed by atoms with Gasteiger partial charge in [-0.2, -0.15) is 0 Å². The molecule has 29 heavy (non-hydrogen) atoms.